The van der Waals surface area contributed by atoms with E-state index in [1.165, 1.54) is 50.9 Å². The summed E-state index contributed by atoms with van der Waals surface area (Å²) in [5.74, 6) is 3.39. The topological polar surface area (TPSA) is 48.9 Å². The molecule has 0 aromatic heterocycles. The first-order chi connectivity index (χ1) is 13.1. The van der Waals surface area contributed by atoms with Crippen LogP contribution in [0.1, 0.15) is 45.1 Å². The van der Waals surface area contributed by atoms with Gasteiger partial charge in [-0.15, -0.1) is 0 Å². The van der Waals surface area contributed by atoms with Crippen molar-refractivity contribution in [3.8, 4) is 5.75 Å². The smallest absolute Gasteiger partial charge is 0.191 e. The molecule has 1 aromatic carbocycles. The Bertz CT molecular complexity index is 604. The Morgan fingerprint density at radius 3 is 2.59 bits per heavy atom. The van der Waals surface area contributed by atoms with Gasteiger partial charge in [-0.25, -0.2) is 0 Å². The molecule has 2 aliphatic rings. The first-order valence-electron chi connectivity index (χ1n) is 10.5. The summed E-state index contributed by atoms with van der Waals surface area (Å²) in [6, 6.07) is 8.82. The predicted molar refractivity (Wildman–Crippen MR) is 112 cm³/mol. The third-order valence-electron chi connectivity index (χ3n) is 5.37. The lowest BCUT2D eigenvalue weighted by Gasteiger charge is -2.34. The Balaban J connectivity index is 1.44. The van der Waals surface area contributed by atoms with Crippen LogP contribution in [0.15, 0.2) is 29.3 Å². The first-order valence-corrected chi connectivity index (χ1v) is 10.5. The van der Waals surface area contributed by atoms with Crippen molar-refractivity contribution in [2.24, 2.45) is 16.8 Å². The number of aliphatic imine (C=N–C) groups is 1. The zero-order valence-electron chi connectivity index (χ0n) is 17.2. The van der Waals surface area contributed by atoms with Gasteiger partial charge in [0.2, 0.25) is 0 Å². The third kappa shape index (κ3) is 6.73. The van der Waals surface area contributed by atoms with Gasteiger partial charge in [-0.1, -0.05) is 32.0 Å². The molecule has 1 saturated carbocycles. The Labute approximate surface area is 164 Å². The molecule has 0 amide bonds. The third-order valence-corrected chi connectivity index (χ3v) is 5.37. The van der Waals surface area contributed by atoms with Crippen LogP contribution in [-0.4, -0.2) is 50.2 Å². The summed E-state index contributed by atoms with van der Waals surface area (Å²) in [4.78, 5) is 6.99. The number of para-hydroxylation sites is 1. The lowest BCUT2D eigenvalue weighted by molar-refractivity contribution is 0.187. The predicted octanol–water partition coefficient (Wildman–Crippen LogP) is 3.26. The van der Waals surface area contributed by atoms with E-state index in [4.69, 9.17) is 4.74 Å². The fourth-order valence-electron chi connectivity index (χ4n) is 3.63. The van der Waals surface area contributed by atoms with Crippen LogP contribution >= 0.6 is 0 Å². The highest BCUT2D eigenvalue weighted by atomic mass is 16.5. The number of benzene rings is 1. The molecule has 1 heterocycles. The second kappa shape index (κ2) is 9.98. The van der Waals surface area contributed by atoms with Crippen LogP contribution in [0.25, 0.3) is 0 Å². The van der Waals surface area contributed by atoms with Crippen LogP contribution in [0.2, 0.25) is 0 Å². The number of nitrogens with one attached hydrogen (secondary N) is 2. The van der Waals surface area contributed by atoms with Gasteiger partial charge in [0.1, 0.15) is 5.75 Å². The molecule has 150 valence electrons. The quantitative estimate of drug-likeness (QED) is 0.543. The molecule has 5 heteroatoms. The van der Waals surface area contributed by atoms with Crippen LogP contribution in [0.3, 0.4) is 0 Å². The molecule has 2 fully saturated rings. The van der Waals surface area contributed by atoms with Crippen molar-refractivity contribution in [1.29, 1.82) is 0 Å². The van der Waals surface area contributed by atoms with E-state index in [0.29, 0.717) is 6.04 Å². The lowest BCUT2D eigenvalue weighted by Crippen LogP contribution is -2.49. The number of likely N-dealkylation sites (tertiary alicyclic amines) is 1. The van der Waals surface area contributed by atoms with Crippen molar-refractivity contribution >= 4 is 5.96 Å². The van der Waals surface area contributed by atoms with Gasteiger partial charge in [-0.3, -0.25) is 4.99 Å². The van der Waals surface area contributed by atoms with Crippen LogP contribution in [0, 0.1) is 11.8 Å². The second-order valence-corrected chi connectivity index (χ2v) is 8.40. The Morgan fingerprint density at radius 1 is 1.19 bits per heavy atom. The van der Waals surface area contributed by atoms with E-state index < -0.39 is 0 Å². The highest BCUT2D eigenvalue weighted by Gasteiger charge is 2.22. The second-order valence-electron chi connectivity index (χ2n) is 8.40. The molecule has 27 heavy (non-hydrogen) atoms. The zero-order chi connectivity index (χ0) is 19.1. The number of hydrogen-bond donors (Lipinski definition) is 2. The summed E-state index contributed by atoms with van der Waals surface area (Å²) in [6.07, 6.45) is 4.98. The van der Waals surface area contributed by atoms with Gasteiger partial charge in [0.25, 0.3) is 0 Å². The van der Waals surface area contributed by atoms with Gasteiger partial charge in [0, 0.05) is 44.8 Å². The maximum Gasteiger partial charge on any atom is 0.191 e. The molecule has 0 bridgehead atoms. The molecule has 0 unspecified atom stereocenters. The standard InChI is InChI=1S/C22H36N4O/c1-17(2)15-26-12-10-20(11-13-26)25-22(23-3)24-14-19-6-4-5-7-21(19)27-16-18-8-9-18/h4-7,17-18,20H,8-16H2,1-3H3,(H2,23,24,25). The SMILES string of the molecule is CN=C(NCc1ccccc1OCC1CC1)NC1CCN(CC(C)C)CC1. The molecule has 0 radical (unpaired) electrons. The molecular formula is C22H36N4O. The molecule has 1 aliphatic carbocycles. The largest absolute Gasteiger partial charge is 0.493 e. The van der Waals surface area contributed by atoms with Gasteiger partial charge >= 0.3 is 0 Å². The van der Waals surface area contributed by atoms with Crippen molar-refractivity contribution in [3.63, 3.8) is 0 Å². The van der Waals surface area contributed by atoms with Crippen molar-refractivity contribution < 1.29 is 4.74 Å². The van der Waals surface area contributed by atoms with Crippen LogP contribution in [0.4, 0.5) is 0 Å². The van der Waals surface area contributed by atoms with Crippen LogP contribution in [0.5, 0.6) is 5.75 Å². The summed E-state index contributed by atoms with van der Waals surface area (Å²) in [5.41, 5.74) is 1.19. The van der Waals surface area contributed by atoms with Crippen molar-refractivity contribution in [2.45, 2.75) is 52.1 Å². The Hall–Kier alpha value is -1.75. The molecule has 0 atom stereocenters. The molecule has 2 N–H and O–H groups in total. The van der Waals surface area contributed by atoms with E-state index in [1.54, 1.807) is 0 Å². The summed E-state index contributed by atoms with van der Waals surface area (Å²) in [7, 11) is 1.85. The Morgan fingerprint density at radius 2 is 1.93 bits per heavy atom. The number of ether oxygens (including phenoxy) is 1. The lowest BCUT2D eigenvalue weighted by atomic mass is 10.0. The van der Waals surface area contributed by atoms with E-state index in [2.05, 4.69) is 52.6 Å². The molecule has 0 spiro atoms. The summed E-state index contributed by atoms with van der Waals surface area (Å²) in [5, 5.41) is 7.07. The molecule has 3 rings (SSSR count). The molecule has 1 aliphatic heterocycles. The van der Waals surface area contributed by atoms with E-state index in [0.717, 1.165) is 36.7 Å². The zero-order valence-corrected chi connectivity index (χ0v) is 17.2. The maximum absolute atomic E-state index is 6.01. The van der Waals surface area contributed by atoms with Gasteiger partial charge in [-0.05, 0) is 43.6 Å². The summed E-state index contributed by atoms with van der Waals surface area (Å²) < 4.78 is 6.01. The first kappa shape index (κ1) is 20.0. The Kier molecular flexibility index (Phi) is 7.39. The minimum Gasteiger partial charge on any atom is -0.493 e. The number of guanidine groups is 1. The molecule has 1 aromatic rings. The van der Waals surface area contributed by atoms with Crippen molar-refractivity contribution in [2.75, 3.05) is 33.3 Å². The van der Waals surface area contributed by atoms with Gasteiger partial charge in [-0.2, -0.15) is 0 Å². The molecule has 1 saturated heterocycles. The van der Waals surface area contributed by atoms with Crippen LogP contribution in [-0.2, 0) is 6.54 Å². The fourth-order valence-corrected chi connectivity index (χ4v) is 3.63. The number of nitrogens with zero attached hydrogens (tertiary/aromatic N) is 2. The van der Waals surface area contributed by atoms with E-state index >= 15 is 0 Å². The number of piperidine rings is 1. The highest BCUT2D eigenvalue weighted by Crippen LogP contribution is 2.30. The normalized spacial score (nSPS) is 19.3. The number of rotatable bonds is 8. The van der Waals surface area contributed by atoms with Gasteiger partial charge in [0.05, 0.1) is 6.61 Å². The van der Waals surface area contributed by atoms with E-state index in [9.17, 15) is 0 Å². The van der Waals surface area contributed by atoms with Gasteiger partial charge in [0.15, 0.2) is 5.96 Å². The fraction of sp³-hybridized carbons (Fsp3) is 0.682. The number of hydrogen-bond acceptors (Lipinski definition) is 3. The van der Waals surface area contributed by atoms with Gasteiger partial charge < -0.3 is 20.3 Å². The molecular weight excluding hydrogens is 336 g/mol. The summed E-state index contributed by atoms with van der Waals surface area (Å²) in [6.45, 7) is 9.71. The minimum atomic E-state index is 0.501. The molecule has 5 nitrogen and oxygen atoms in total. The van der Waals surface area contributed by atoms with Crippen molar-refractivity contribution in [1.82, 2.24) is 15.5 Å². The van der Waals surface area contributed by atoms with E-state index in [1.807, 2.05) is 13.1 Å². The average molecular weight is 373 g/mol. The highest BCUT2D eigenvalue weighted by molar-refractivity contribution is 5.80. The minimum absolute atomic E-state index is 0.501. The average Bonchev–Trinajstić information content (AvgIpc) is 3.49. The van der Waals surface area contributed by atoms with E-state index in [-0.39, 0.29) is 0 Å². The monoisotopic (exact) mass is 372 g/mol. The van der Waals surface area contributed by atoms with Crippen molar-refractivity contribution in [3.05, 3.63) is 29.8 Å². The maximum atomic E-state index is 6.01. The summed E-state index contributed by atoms with van der Waals surface area (Å²) >= 11 is 0. The van der Waals surface area contributed by atoms with Crippen LogP contribution < -0.4 is 15.4 Å².